The normalized spacial score (nSPS) is 12.5. The number of aryl methyl sites for hydroxylation is 1. The highest BCUT2D eigenvalue weighted by molar-refractivity contribution is 5.47. The van der Waals surface area contributed by atoms with Gasteiger partial charge < -0.3 is 10.1 Å². The van der Waals surface area contributed by atoms with Gasteiger partial charge in [0, 0.05) is 18.9 Å². The zero-order valence-electron chi connectivity index (χ0n) is 11.9. The van der Waals surface area contributed by atoms with Crippen molar-refractivity contribution in [1.29, 1.82) is 0 Å². The molecule has 1 N–H and O–H groups in total. The van der Waals surface area contributed by atoms with Gasteiger partial charge in [-0.05, 0) is 51.1 Å². The van der Waals surface area contributed by atoms with Gasteiger partial charge in [0.2, 0.25) is 0 Å². The Hall–Kier alpha value is -1.97. The fourth-order valence-corrected chi connectivity index (χ4v) is 2.03. The molecule has 19 heavy (non-hydrogen) atoms. The summed E-state index contributed by atoms with van der Waals surface area (Å²) < 4.78 is 7.51. The zero-order valence-corrected chi connectivity index (χ0v) is 11.9. The molecule has 1 unspecified atom stereocenters. The molecule has 2 aromatic rings. The van der Waals surface area contributed by atoms with Gasteiger partial charge in [-0.3, -0.25) is 4.68 Å². The summed E-state index contributed by atoms with van der Waals surface area (Å²) in [5.74, 6) is 0.897. The predicted molar refractivity (Wildman–Crippen MR) is 77.5 cm³/mol. The van der Waals surface area contributed by atoms with E-state index in [9.17, 15) is 0 Å². The summed E-state index contributed by atoms with van der Waals surface area (Å²) in [7, 11) is 1.95. The molecule has 0 spiro atoms. The van der Waals surface area contributed by atoms with E-state index in [-0.39, 0.29) is 12.1 Å². The number of nitrogens with zero attached hydrogens (tertiary/aromatic N) is 2. The number of anilines is 1. The minimum absolute atomic E-state index is 0.201. The lowest BCUT2D eigenvalue weighted by Crippen LogP contribution is -2.11. The average Bonchev–Trinajstić information content (AvgIpc) is 2.77. The number of nitrogens with one attached hydrogen (secondary N) is 1. The maximum absolute atomic E-state index is 5.62. The van der Waals surface area contributed by atoms with Crippen molar-refractivity contribution < 1.29 is 4.74 Å². The molecule has 4 nitrogen and oxygen atoms in total. The van der Waals surface area contributed by atoms with E-state index < -0.39 is 0 Å². The molecule has 0 amide bonds. The third kappa shape index (κ3) is 3.50. The molecule has 102 valence electrons. The summed E-state index contributed by atoms with van der Waals surface area (Å²) in [6, 6.07) is 10.3. The topological polar surface area (TPSA) is 39.1 Å². The second-order valence-corrected chi connectivity index (χ2v) is 4.94. The van der Waals surface area contributed by atoms with Crippen LogP contribution in [-0.4, -0.2) is 15.9 Å². The first-order valence-corrected chi connectivity index (χ1v) is 6.57. The van der Waals surface area contributed by atoms with Crippen LogP contribution < -0.4 is 10.1 Å². The first-order valence-electron chi connectivity index (χ1n) is 6.57. The maximum atomic E-state index is 5.62. The van der Waals surface area contributed by atoms with E-state index in [1.54, 1.807) is 0 Å². The highest BCUT2D eigenvalue weighted by Gasteiger charge is 2.09. The van der Waals surface area contributed by atoms with Gasteiger partial charge >= 0.3 is 0 Å². The zero-order chi connectivity index (χ0) is 13.8. The Morgan fingerprint density at radius 3 is 2.32 bits per heavy atom. The molecule has 1 aromatic carbocycles. The van der Waals surface area contributed by atoms with Gasteiger partial charge in [0.25, 0.3) is 0 Å². The van der Waals surface area contributed by atoms with E-state index in [1.807, 2.05) is 62.1 Å². The van der Waals surface area contributed by atoms with Crippen molar-refractivity contribution in [3.8, 4) is 5.75 Å². The fraction of sp³-hybridized carbons (Fsp3) is 0.400. The SMILES string of the molecule is CC(C)Oc1ccc(NC(C)c2ccnn2C)cc1. The Labute approximate surface area is 114 Å². The van der Waals surface area contributed by atoms with Crippen molar-refractivity contribution >= 4 is 5.69 Å². The first kappa shape index (κ1) is 13.5. The van der Waals surface area contributed by atoms with E-state index in [2.05, 4.69) is 17.3 Å². The quantitative estimate of drug-likeness (QED) is 0.894. The standard InChI is InChI=1S/C15H21N3O/c1-11(2)19-14-7-5-13(6-8-14)17-12(3)15-9-10-16-18(15)4/h5-12,17H,1-4H3. The van der Waals surface area contributed by atoms with Gasteiger partial charge in [-0.15, -0.1) is 0 Å². The van der Waals surface area contributed by atoms with E-state index >= 15 is 0 Å². The summed E-state index contributed by atoms with van der Waals surface area (Å²) in [6.45, 7) is 6.17. The first-order chi connectivity index (χ1) is 9.06. The Kier molecular flexibility index (Phi) is 4.10. The van der Waals surface area contributed by atoms with E-state index in [0.29, 0.717) is 0 Å². The van der Waals surface area contributed by atoms with Crippen molar-refractivity contribution in [3.05, 3.63) is 42.2 Å². The minimum Gasteiger partial charge on any atom is -0.491 e. The lowest BCUT2D eigenvalue weighted by molar-refractivity contribution is 0.242. The van der Waals surface area contributed by atoms with Crippen LogP contribution in [0.1, 0.15) is 32.5 Å². The van der Waals surface area contributed by atoms with Gasteiger partial charge in [-0.1, -0.05) is 0 Å². The van der Waals surface area contributed by atoms with Crippen LogP contribution in [0.15, 0.2) is 36.5 Å². The summed E-state index contributed by atoms with van der Waals surface area (Å²) in [4.78, 5) is 0. The molecule has 0 aliphatic rings. The summed E-state index contributed by atoms with van der Waals surface area (Å²) in [6.07, 6.45) is 2.01. The Bertz CT molecular complexity index is 516. The molecule has 2 rings (SSSR count). The number of rotatable bonds is 5. The van der Waals surface area contributed by atoms with Crippen molar-refractivity contribution in [2.75, 3.05) is 5.32 Å². The number of benzene rings is 1. The number of aromatic nitrogens is 2. The van der Waals surface area contributed by atoms with Crippen molar-refractivity contribution in [2.24, 2.45) is 7.05 Å². The summed E-state index contributed by atoms with van der Waals surface area (Å²) >= 11 is 0. The summed E-state index contributed by atoms with van der Waals surface area (Å²) in [5, 5.41) is 7.63. The fourth-order valence-electron chi connectivity index (χ4n) is 2.03. The predicted octanol–water partition coefficient (Wildman–Crippen LogP) is 3.38. The minimum atomic E-state index is 0.201. The lowest BCUT2D eigenvalue weighted by atomic mass is 10.2. The second kappa shape index (κ2) is 5.78. The average molecular weight is 259 g/mol. The van der Waals surface area contributed by atoms with Gasteiger partial charge in [0.05, 0.1) is 17.8 Å². The van der Waals surface area contributed by atoms with Crippen molar-refractivity contribution in [1.82, 2.24) is 9.78 Å². The Morgan fingerprint density at radius 1 is 1.11 bits per heavy atom. The van der Waals surface area contributed by atoms with Crippen LogP contribution in [-0.2, 0) is 7.05 Å². The summed E-state index contributed by atoms with van der Waals surface area (Å²) in [5.41, 5.74) is 2.23. The van der Waals surface area contributed by atoms with Crippen molar-refractivity contribution in [3.63, 3.8) is 0 Å². The number of hydrogen-bond donors (Lipinski definition) is 1. The van der Waals surface area contributed by atoms with Crippen LogP contribution in [0.4, 0.5) is 5.69 Å². The van der Waals surface area contributed by atoms with Gasteiger partial charge in [0.15, 0.2) is 0 Å². The van der Waals surface area contributed by atoms with Crippen LogP contribution in [0.2, 0.25) is 0 Å². The monoisotopic (exact) mass is 259 g/mol. The molecule has 0 saturated carbocycles. The van der Waals surface area contributed by atoms with Crippen molar-refractivity contribution in [2.45, 2.75) is 32.9 Å². The van der Waals surface area contributed by atoms with E-state index in [0.717, 1.165) is 17.1 Å². The molecule has 4 heteroatoms. The van der Waals surface area contributed by atoms with Crippen LogP contribution in [0, 0.1) is 0 Å². The molecule has 0 fully saturated rings. The highest BCUT2D eigenvalue weighted by atomic mass is 16.5. The third-order valence-corrected chi connectivity index (χ3v) is 2.91. The highest BCUT2D eigenvalue weighted by Crippen LogP contribution is 2.21. The molecule has 1 aromatic heterocycles. The van der Waals surface area contributed by atoms with E-state index in [1.165, 1.54) is 0 Å². The molecular formula is C15H21N3O. The second-order valence-electron chi connectivity index (χ2n) is 4.94. The Balaban J connectivity index is 2.01. The lowest BCUT2D eigenvalue weighted by Gasteiger charge is -2.16. The number of hydrogen-bond acceptors (Lipinski definition) is 3. The molecule has 0 radical (unpaired) electrons. The van der Waals surface area contributed by atoms with Crippen LogP contribution >= 0.6 is 0 Å². The molecule has 0 saturated heterocycles. The Morgan fingerprint density at radius 2 is 1.79 bits per heavy atom. The third-order valence-electron chi connectivity index (χ3n) is 2.91. The molecule has 0 aliphatic carbocycles. The van der Waals surface area contributed by atoms with Crippen LogP contribution in [0.3, 0.4) is 0 Å². The van der Waals surface area contributed by atoms with Crippen LogP contribution in [0.5, 0.6) is 5.75 Å². The largest absolute Gasteiger partial charge is 0.491 e. The molecule has 1 heterocycles. The number of ether oxygens (including phenoxy) is 1. The molecular weight excluding hydrogens is 238 g/mol. The van der Waals surface area contributed by atoms with E-state index in [4.69, 9.17) is 4.74 Å². The van der Waals surface area contributed by atoms with Gasteiger partial charge in [-0.25, -0.2) is 0 Å². The van der Waals surface area contributed by atoms with Gasteiger partial charge in [-0.2, -0.15) is 5.10 Å². The molecule has 0 bridgehead atoms. The van der Waals surface area contributed by atoms with Crippen LogP contribution in [0.25, 0.3) is 0 Å². The van der Waals surface area contributed by atoms with Gasteiger partial charge in [0.1, 0.15) is 5.75 Å². The maximum Gasteiger partial charge on any atom is 0.119 e. The molecule has 1 atom stereocenters. The molecule has 0 aliphatic heterocycles. The smallest absolute Gasteiger partial charge is 0.119 e.